The molecule has 1 aliphatic heterocycles. The number of carbonyl (C=O) groups is 2. The molecule has 0 radical (unpaired) electrons. The molecule has 1 aliphatic rings. The summed E-state index contributed by atoms with van der Waals surface area (Å²) in [5.41, 5.74) is 2.36. The Hall–Kier alpha value is -2.37. The number of amides is 1. The van der Waals surface area contributed by atoms with Crippen LogP contribution in [0.25, 0.3) is 0 Å². The number of nitrogens with zero attached hydrogens (tertiary/aromatic N) is 1. The van der Waals surface area contributed by atoms with E-state index in [4.69, 9.17) is 16.3 Å². The standard InChI is InChI=1S/C22H25ClN2O3/c1-2-28-22(27)17-7-11-20(12-8-17)24-21(26)18-4-3-13-25(15-18)14-16-5-9-19(23)10-6-16/h5-12,18H,2-4,13-15H2,1H3,(H,24,26)/t18-/m1/s1. The summed E-state index contributed by atoms with van der Waals surface area (Å²) in [7, 11) is 0. The monoisotopic (exact) mass is 400 g/mol. The van der Waals surface area contributed by atoms with E-state index >= 15 is 0 Å². The first-order valence-electron chi connectivity index (χ1n) is 9.60. The van der Waals surface area contributed by atoms with Crippen LogP contribution in [0.2, 0.25) is 5.02 Å². The zero-order valence-electron chi connectivity index (χ0n) is 16.0. The molecule has 1 N–H and O–H groups in total. The summed E-state index contributed by atoms with van der Waals surface area (Å²) < 4.78 is 4.97. The lowest BCUT2D eigenvalue weighted by molar-refractivity contribution is -0.121. The highest BCUT2D eigenvalue weighted by molar-refractivity contribution is 6.30. The SMILES string of the molecule is CCOC(=O)c1ccc(NC(=O)[C@@H]2CCCN(Cc3ccc(Cl)cc3)C2)cc1. The molecule has 6 heteroatoms. The third-order valence-electron chi connectivity index (χ3n) is 4.86. The lowest BCUT2D eigenvalue weighted by Gasteiger charge is -2.32. The second-order valence-corrected chi connectivity index (χ2v) is 7.42. The number of ether oxygens (including phenoxy) is 1. The fraction of sp³-hybridized carbons (Fsp3) is 0.364. The maximum absolute atomic E-state index is 12.7. The molecule has 0 aromatic heterocycles. The summed E-state index contributed by atoms with van der Waals surface area (Å²) >= 11 is 5.95. The molecule has 1 heterocycles. The molecule has 2 aromatic carbocycles. The summed E-state index contributed by atoms with van der Waals surface area (Å²) in [5, 5.41) is 3.70. The van der Waals surface area contributed by atoms with Crippen LogP contribution in [0.3, 0.4) is 0 Å². The van der Waals surface area contributed by atoms with E-state index in [-0.39, 0.29) is 17.8 Å². The number of carbonyl (C=O) groups excluding carboxylic acids is 2. The highest BCUT2D eigenvalue weighted by atomic mass is 35.5. The lowest BCUT2D eigenvalue weighted by atomic mass is 9.96. The Balaban J connectivity index is 1.55. The van der Waals surface area contributed by atoms with Crippen molar-refractivity contribution < 1.29 is 14.3 Å². The van der Waals surface area contributed by atoms with E-state index in [2.05, 4.69) is 10.2 Å². The summed E-state index contributed by atoms with van der Waals surface area (Å²) in [5.74, 6) is -0.388. The molecule has 1 fully saturated rings. The van der Waals surface area contributed by atoms with Gasteiger partial charge in [-0.25, -0.2) is 4.79 Å². The maximum Gasteiger partial charge on any atom is 0.338 e. The van der Waals surface area contributed by atoms with Crippen molar-refractivity contribution in [2.75, 3.05) is 25.0 Å². The van der Waals surface area contributed by atoms with Crippen LogP contribution in [-0.2, 0) is 16.1 Å². The molecule has 0 bridgehead atoms. The Morgan fingerprint density at radius 2 is 1.86 bits per heavy atom. The van der Waals surface area contributed by atoms with Gasteiger partial charge >= 0.3 is 5.97 Å². The molecule has 3 rings (SSSR count). The Morgan fingerprint density at radius 3 is 2.54 bits per heavy atom. The van der Waals surface area contributed by atoms with Crippen LogP contribution in [0.15, 0.2) is 48.5 Å². The number of nitrogens with one attached hydrogen (secondary N) is 1. The largest absolute Gasteiger partial charge is 0.462 e. The number of rotatable bonds is 6. The number of piperidine rings is 1. The molecule has 5 nitrogen and oxygen atoms in total. The third kappa shape index (κ3) is 5.57. The minimum atomic E-state index is -0.356. The van der Waals surface area contributed by atoms with E-state index in [1.54, 1.807) is 31.2 Å². The van der Waals surface area contributed by atoms with Crippen LogP contribution < -0.4 is 5.32 Å². The van der Waals surface area contributed by atoms with E-state index in [0.29, 0.717) is 17.9 Å². The number of anilines is 1. The molecule has 0 saturated carbocycles. The van der Waals surface area contributed by atoms with Crippen molar-refractivity contribution in [3.05, 3.63) is 64.7 Å². The average molecular weight is 401 g/mol. The van der Waals surface area contributed by atoms with E-state index in [1.807, 2.05) is 24.3 Å². The Kier molecular flexibility index (Phi) is 7.06. The normalized spacial score (nSPS) is 17.1. The molecule has 148 valence electrons. The molecule has 0 aliphatic carbocycles. The van der Waals surface area contributed by atoms with Gasteiger partial charge in [-0.3, -0.25) is 9.69 Å². The highest BCUT2D eigenvalue weighted by Gasteiger charge is 2.26. The summed E-state index contributed by atoms with van der Waals surface area (Å²) in [6.07, 6.45) is 1.87. The second-order valence-electron chi connectivity index (χ2n) is 6.99. The van der Waals surface area contributed by atoms with Crippen molar-refractivity contribution in [2.24, 2.45) is 5.92 Å². The van der Waals surface area contributed by atoms with Gasteiger partial charge in [0.05, 0.1) is 18.1 Å². The quantitative estimate of drug-likeness (QED) is 0.731. The van der Waals surface area contributed by atoms with Gasteiger partial charge in [0.15, 0.2) is 0 Å². The van der Waals surface area contributed by atoms with Gasteiger partial charge in [0.2, 0.25) is 5.91 Å². The van der Waals surface area contributed by atoms with E-state index in [0.717, 1.165) is 37.5 Å². The molecular formula is C22H25ClN2O3. The van der Waals surface area contributed by atoms with Crippen LogP contribution in [0.1, 0.15) is 35.7 Å². The summed E-state index contributed by atoms with van der Waals surface area (Å²) in [6.45, 7) is 4.64. The lowest BCUT2D eigenvalue weighted by Crippen LogP contribution is -2.40. The molecule has 2 aromatic rings. The van der Waals surface area contributed by atoms with E-state index < -0.39 is 0 Å². The highest BCUT2D eigenvalue weighted by Crippen LogP contribution is 2.21. The topological polar surface area (TPSA) is 58.6 Å². The molecule has 1 amide bonds. The fourth-order valence-corrected chi connectivity index (χ4v) is 3.54. The number of benzene rings is 2. The fourth-order valence-electron chi connectivity index (χ4n) is 3.41. The zero-order valence-corrected chi connectivity index (χ0v) is 16.7. The van der Waals surface area contributed by atoms with Crippen molar-refractivity contribution in [2.45, 2.75) is 26.3 Å². The van der Waals surface area contributed by atoms with E-state index in [9.17, 15) is 9.59 Å². The van der Waals surface area contributed by atoms with Crippen molar-refractivity contribution in [3.8, 4) is 0 Å². The first-order chi connectivity index (χ1) is 13.5. The van der Waals surface area contributed by atoms with Gasteiger partial charge in [-0.2, -0.15) is 0 Å². The number of halogens is 1. The molecular weight excluding hydrogens is 376 g/mol. The van der Waals surface area contributed by atoms with Gasteiger partial charge in [-0.15, -0.1) is 0 Å². The van der Waals surface area contributed by atoms with E-state index in [1.165, 1.54) is 5.56 Å². The smallest absolute Gasteiger partial charge is 0.338 e. The van der Waals surface area contributed by atoms with Crippen molar-refractivity contribution in [3.63, 3.8) is 0 Å². The van der Waals surface area contributed by atoms with Gasteiger partial charge in [0.25, 0.3) is 0 Å². The van der Waals surface area contributed by atoms with Crippen LogP contribution in [0.5, 0.6) is 0 Å². The Bertz CT molecular complexity index is 806. The first kappa shape index (κ1) is 20.4. The molecule has 0 spiro atoms. The predicted octanol–water partition coefficient (Wildman–Crippen LogP) is 4.37. The van der Waals surface area contributed by atoms with Crippen LogP contribution in [0.4, 0.5) is 5.69 Å². The van der Waals surface area contributed by atoms with Crippen molar-refractivity contribution >= 4 is 29.2 Å². The summed E-state index contributed by atoms with van der Waals surface area (Å²) in [4.78, 5) is 26.7. The average Bonchev–Trinajstić information content (AvgIpc) is 2.71. The Morgan fingerprint density at radius 1 is 1.14 bits per heavy atom. The van der Waals surface area contributed by atoms with Gasteiger partial charge < -0.3 is 10.1 Å². The van der Waals surface area contributed by atoms with Gasteiger partial charge in [0, 0.05) is 23.8 Å². The van der Waals surface area contributed by atoms with Gasteiger partial charge in [0.1, 0.15) is 0 Å². The zero-order chi connectivity index (χ0) is 19.9. The van der Waals surface area contributed by atoms with Crippen molar-refractivity contribution in [1.29, 1.82) is 0 Å². The minimum Gasteiger partial charge on any atom is -0.462 e. The van der Waals surface area contributed by atoms with Crippen molar-refractivity contribution in [1.82, 2.24) is 4.90 Å². The van der Waals surface area contributed by atoms with Crippen LogP contribution >= 0.6 is 11.6 Å². The van der Waals surface area contributed by atoms with Crippen LogP contribution in [0, 0.1) is 5.92 Å². The second kappa shape index (κ2) is 9.71. The molecule has 1 atom stereocenters. The third-order valence-corrected chi connectivity index (χ3v) is 5.11. The number of likely N-dealkylation sites (tertiary alicyclic amines) is 1. The summed E-state index contributed by atoms with van der Waals surface area (Å²) in [6, 6.07) is 14.6. The van der Waals surface area contributed by atoms with Crippen LogP contribution in [-0.4, -0.2) is 36.5 Å². The first-order valence-corrected chi connectivity index (χ1v) is 9.98. The molecule has 0 unspecified atom stereocenters. The Labute approximate surface area is 170 Å². The molecule has 1 saturated heterocycles. The minimum absolute atomic E-state index is 0.0182. The predicted molar refractivity (Wildman–Crippen MR) is 110 cm³/mol. The van der Waals surface area contributed by atoms with Gasteiger partial charge in [-0.05, 0) is 68.3 Å². The molecule has 28 heavy (non-hydrogen) atoms. The number of hydrogen-bond acceptors (Lipinski definition) is 4. The van der Waals surface area contributed by atoms with Gasteiger partial charge in [-0.1, -0.05) is 23.7 Å². The number of hydrogen-bond donors (Lipinski definition) is 1. The number of esters is 1. The maximum atomic E-state index is 12.7.